The van der Waals surface area contributed by atoms with Crippen LogP contribution in [0, 0.1) is 15.9 Å². The lowest BCUT2D eigenvalue weighted by Crippen LogP contribution is -2.32. The van der Waals surface area contributed by atoms with E-state index in [1.54, 1.807) is 0 Å². The molecule has 146 valence electrons. The van der Waals surface area contributed by atoms with E-state index in [1.807, 2.05) is 0 Å². The molecule has 0 bridgehead atoms. The summed E-state index contributed by atoms with van der Waals surface area (Å²) in [6.45, 7) is -1.27. The highest BCUT2D eigenvalue weighted by molar-refractivity contribution is 6.32. The van der Waals surface area contributed by atoms with Gasteiger partial charge in [-0.15, -0.1) is 0 Å². The number of carbonyl (C=O) groups is 3. The van der Waals surface area contributed by atoms with E-state index in [0.29, 0.717) is 0 Å². The lowest BCUT2D eigenvalue weighted by molar-refractivity contribution is -0.384. The first-order valence-corrected chi connectivity index (χ1v) is 8.08. The summed E-state index contributed by atoms with van der Waals surface area (Å²) in [7, 11) is 0. The molecule has 2 amide bonds. The molecule has 0 atom stereocenters. The topological polar surface area (TPSA) is 128 Å². The standard InChI is InChI=1S/C17H13ClFN3O6/c18-11-6-5-10(7-14(11)22(26)27)17(25)20-8-16(24)28-9-15(23)21-13-4-2-1-3-12(13)19/h1-7H,8-9H2,(H,20,25)(H,21,23). The van der Waals surface area contributed by atoms with Crippen molar-refractivity contribution in [3.63, 3.8) is 0 Å². The average molecular weight is 410 g/mol. The van der Waals surface area contributed by atoms with Crippen LogP contribution in [0.5, 0.6) is 0 Å². The number of amides is 2. The molecule has 0 radical (unpaired) electrons. The van der Waals surface area contributed by atoms with E-state index >= 15 is 0 Å². The maximum absolute atomic E-state index is 13.4. The summed E-state index contributed by atoms with van der Waals surface area (Å²) in [4.78, 5) is 45.3. The fourth-order valence-corrected chi connectivity index (χ4v) is 2.18. The molecule has 0 spiro atoms. The van der Waals surface area contributed by atoms with Crippen LogP contribution in [0.2, 0.25) is 5.02 Å². The third kappa shape index (κ3) is 5.74. The van der Waals surface area contributed by atoms with Gasteiger partial charge in [0.05, 0.1) is 10.6 Å². The molecule has 28 heavy (non-hydrogen) atoms. The third-order valence-corrected chi connectivity index (χ3v) is 3.63. The first kappa shape index (κ1) is 20.8. The van der Waals surface area contributed by atoms with Crippen LogP contribution in [0.4, 0.5) is 15.8 Å². The predicted molar refractivity (Wildman–Crippen MR) is 96.4 cm³/mol. The van der Waals surface area contributed by atoms with Gasteiger partial charge in [-0.2, -0.15) is 0 Å². The van der Waals surface area contributed by atoms with Crippen molar-refractivity contribution in [1.29, 1.82) is 0 Å². The van der Waals surface area contributed by atoms with Crippen molar-refractivity contribution < 1.29 is 28.4 Å². The maximum Gasteiger partial charge on any atom is 0.325 e. The van der Waals surface area contributed by atoms with Gasteiger partial charge in [0.1, 0.15) is 17.4 Å². The fourth-order valence-electron chi connectivity index (χ4n) is 1.99. The molecular weight excluding hydrogens is 397 g/mol. The number of nitro groups is 1. The van der Waals surface area contributed by atoms with Crippen molar-refractivity contribution in [3.8, 4) is 0 Å². The zero-order valence-corrected chi connectivity index (χ0v) is 14.9. The number of nitro benzene ring substituents is 1. The molecule has 0 aromatic heterocycles. The number of nitrogens with zero attached hydrogens (tertiary/aromatic N) is 1. The number of benzene rings is 2. The second kappa shape index (κ2) is 9.42. The highest BCUT2D eigenvalue weighted by Gasteiger charge is 2.17. The maximum atomic E-state index is 13.4. The summed E-state index contributed by atoms with van der Waals surface area (Å²) >= 11 is 5.65. The van der Waals surface area contributed by atoms with Crippen molar-refractivity contribution in [2.24, 2.45) is 0 Å². The van der Waals surface area contributed by atoms with Gasteiger partial charge in [0.2, 0.25) is 0 Å². The summed E-state index contributed by atoms with van der Waals surface area (Å²) < 4.78 is 18.1. The normalized spacial score (nSPS) is 10.1. The molecule has 0 saturated heterocycles. The van der Waals surface area contributed by atoms with Gasteiger partial charge in [0.25, 0.3) is 17.5 Å². The first-order chi connectivity index (χ1) is 13.3. The lowest BCUT2D eigenvalue weighted by Gasteiger charge is -2.08. The molecule has 2 aromatic carbocycles. The second-order valence-corrected chi connectivity index (χ2v) is 5.70. The molecule has 9 nitrogen and oxygen atoms in total. The van der Waals surface area contributed by atoms with Crippen LogP contribution in [0.1, 0.15) is 10.4 Å². The smallest absolute Gasteiger partial charge is 0.325 e. The molecule has 2 N–H and O–H groups in total. The van der Waals surface area contributed by atoms with Crippen molar-refractivity contribution in [3.05, 3.63) is 69.0 Å². The molecule has 0 aliphatic carbocycles. The molecule has 0 aliphatic heterocycles. The number of hydrogen-bond donors (Lipinski definition) is 2. The van der Waals surface area contributed by atoms with Gasteiger partial charge in [-0.1, -0.05) is 23.7 Å². The van der Waals surface area contributed by atoms with E-state index < -0.39 is 47.4 Å². The van der Waals surface area contributed by atoms with Gasteiger partial charge in [0, 0.05) is 11.6 Å². The number of esters is 1. The Morgan fingerprint density at radius 1 is 1.18 bits per heavy atom. The van der Waals surface area contributed by atoms with Crippen LogP contribution in [0.15, 0.2) is 42.5 Å². The minimum Gasteiger partial charge on any atom is -0.454 e. The number of anilines is 1. The summed E-state index contributed by atoms with van der Waals surface area (Å²) in [6, 6.07) is 8.84. The highest BCUT2D eigenvalue weighted by atomic mass is 35.5. The summed E-state index contributed by atoms with van der Waals surface area (Å²) in [5.74, 6) is -3.11. The Morgan fingerprint density at radius 3 is 2.57 bits per heavy atom. The molecule has 0 heterocycles. The molecule has 0 unspecified atom stereocenters. The first-order valence-electron chi connectivity index (χ1n) is 7.70. The number of para-hydroxylation sites is 1. The predicted octanol–water partition coefficient (Wildman–Crippen LogP) is 2.30. The molecular formula is C17H13ClFN3O6. The van der Waals surface area contributed by atoms with Gasteiger partial charge < -0.3 is 15.4 Å². The van der Waals surface area contributed by atoms with Gasteiger partial charge in [-0.05, 0) is 24.3 Å². The number of nitrogens with one attached hydrogen (secondary N) is 2. The number of halogens is 2. The Labute approximate surface area is 162 Å². The van der Waals surface area contributed by atoms with Crippen molar-refractivity contribution in [2.45, 2.75) is 0 Å². The van der Waals surface area contributed by atoms with Crippen LogP contribution in [0.3, 0.4) is 0 Å². The largest absolute Gasteiger partial charge is 0.454 e. The molecule has 11 heteroatoms. The van der Waals surface area contributed by atoms with E-state index in [0.717, 1.165) is 12.1 Å². The van der Waals surface area contributed by atoms with E-state index in [9.17, 15) is 28.9 Å². The van der Waals surface area contributed by atoms with Crippen LogP contribution in [-0.2, 0) is 14.3 Å². The molecule has 0 aliphatic rings. The summed E-state index contributed by atoms with van der Waals surface area (Å²) in [6.07, 6.45) is 0. The van der Waals surface area contributed by atoms with Crippen LogP contribution < -0.4 is 10.6 Å². The van der Waals surface area contributed by atoms with Gasteiger partial charge in [-0.25, -0.2) is 4.39 Å². The molecule has 0 fully saturated rings. The zero-order chi connectivity index (χ0) is 20.7. The fraction of sp³-hybridized carbons (Fsp3) is 0.118. The number of rotatable bonds is 7. The minimum atomic E-state index is -0.930. The minimum absolute atomic E-state index is 0.0683. The highest BCUT2D eigenvalue weighted by Crippen LogP contribution is 2.24. The van der Waals surface area contributed by atoms with Gasteiger partial charge >= 0.3 is 5.97 Å². The summed E-state index contributed by atoms with van der Waals surface area (Å²) in [5.41, 5.74) is -0.607. The number of ether oxygens (including phenoxy) is 1. The molecule has 0 saturated carbocycles. The van der Waals surface area contributed by atoms with Crippen LogP contribution >= 0.6 is 11.6 Å². The Bertz CT molecular complexity index is 937. The van der Waals surface area contributed by atoms with E-state index in [4.69, 9.17) is 11.6 Å². The third-order valence-electron chi connectivity index (χ3n) is 3.31. The van der Waals surface area contributed by atoms with E-state index in [-0.39, 0.29) is 16.3 Å². The SMILES string of the molecule is O=C(COC(=O)CNC(=O)c1ccc(Cl)c([N+](=O)[O-])c1)Nc1ccccc1F. The Balaban J connectivity index is 1.81. The van der Waals surface area contributed by atoms with Crippen LogP contribution in [0.25, 0.3) is 0 Å². The average Bonchev–Trinajstić information content (AvgIpc) is 2.66. The monoisotopic (exact) mass is 409 g/mol. The Hall–Kier alpha value is -3.53. The summed E-state index contributed by atoms with van der Waals surface area (Å²) in [5, 5.41) is 15.1. The molecule has 2 rings (SSSR count). The Kier molecular flexibility index (Phi) is 6.99. The Morgan fingerprint density at radius 2 is 1.89 bits per heavy atom. The van der Waals surface area contributed by atoms with Crippen molar-refractivity contribution in [1.82, 2.24) is 5.32 Å². The number of carbonyl (C=O) groups excluding carboxylic acids is 3. The van der Waals surface area contributed by atoms with Crippen LogP contribution in [-0.4, -0.2) is 35.9 Å². The van der Waals surface area contributed by atoms with E-state index in [2.05, 4.69) is 15.4 Å². The second-order valence-electron chi connectivity index (χ2n) is 5.29. The van der Waals surface area contributed by atoms with Gasteiger partial charge in [-0.3, -0.25) is 24.5 Å². The zero-order valence-electron chi connectivity index (χ0n) is 14.1. The van der Waals surface area contributed by atoms with Crippen molar-refractivity contribution >= 4 is 40.8 Å². The van der Waals surface area contributed by atoms with E-state index in [1.165, 1.54) is 30.3 Å². The van der Waals surface area contributed by atoms with Crippen molar-refractivity contribution in [2.75, 3.05) is 18.5 Å². The molecule has 2 aromatic rings. The number of hydrogen-bond acceptors (Lipinski definition) is 6. The lowest BCUT2D eigenvalue weighted by atomic mass is 10.2. The quantitative estimate of drug-likeness (QED) is 0.410. The van der Waals surface area contributed by atoms with Gasteiger partial charge in [0.15, 0.2) is 6.61 Å².